The van der Waals surface area contributed by atoms with Crippen molar-refractivity contribution in [3.05, 3.63) is 36.4 Å². The van der Waals surface area contributed by atoms with E-state index in [1.54, 1.807) is 14.2 Å². The summed E-state index contributed by atoms with van der Waals surface area (Å²) >= 11 is 0. The predicted molar refractivity (Wildman–Crippen MR) is 124 cm³/mol. The van der Waals surface area contributed by atoms with Crippen LogP contribution in [0.4, 0.5) is 0 Å². The van der Waals surface area contributed by atoms with Crippen molar-refractivity contribution >= 4 is 0 Å². The minimum Gasteiger partial charge on any atom is -0.497 e. The zero-order valence-electron chi connectivity index (χ0n) is 19.2. The molecular formula is C26H38O4. The molecule has 0 bridgehead atoms. The molecule has 2 rings (SSSR count). The summed E-state index contributed by atoms with van der Waals surface area (Å²) < 4.78 is 23.5. The van der Waals surface area contributed by atoms with Gasteiger partial charge in [0.05, 0.1) is 27.4 Å². The first-order chi connectivity index (χ1) is 14.7. The van der Waals surface area contributed by atoms with Crippen LogP contribution < -0.4 is 18.9 Å². The number of methoxy groups -OCH3 is 2. The fourth-order valence-electron chi connectivity index (χ4n) is 3.43. The molecule has 0 saturated heterocycles. The van der Waals surface area contributed by atoms with Gasteiger partial charge in [0.25, 0.3) is 0 Å². The van der Waals surface area contributed by atoms with Crippen molar-refractivity contribution in [3.63, 3.8) is 0 Å². The van der Waals surface area contributed by atoms with E-state index in [1.165, 1.54) is 38.5 Å². The van der Waals surface area contributed by atoms with Crippen molar-refractivity contribution in [2.45, 2.75) is 65.2 Å². The maximum absolute atomic E-state index is 6.27. The number of benzene rings is 2. The van der Waals surface area contributed by atoms with Crippen LogP contribution >= 0.6 is 0 Å². The number of rotatable bonds is 15. The van der Waals surface area contributed by atoms with Crippen LogP contribution in [0.1, 0.15) is 65.2 Å². The Labute approximate surface area is 182 Å². The van der Waals surface area contributed by atoms with Crippen molar-refractivity contribution in [2.75, 3.05) is 27.4 Å². The summed E-state index contributed by atoms with van der Waals surface area (Å²) in [4.78, 5) is 0. The van der Waals surface area contributed by atoms with E-state index in [0.717, 1.165) is 41.2 Å². The van der Waals surface area contributed by atoms with Crippen LogP contribution in [0, 0.1) is 0 Å². The molecule has 0 heterocycles. The van der Waals surface area contributed by atoms with E-state index >= 15 is 0 Å². The summed E-state index contributed by atoms with van der Waals surface area (Å²) in [6, 6.07) is 12.1. The molecule has 2 aromatic rings. The fraction of sp³-hybridized carbons (Fsp3) is 0.538. The van der Waals surface area contributed by atoms with Gasteiger partial charge in [-0.15, -0.1) is 0 Å². The molecule has 0 aromatic heterocycles. The number of hydrogen-bond acceptors (Lipinski definition) is 4. The zero-order valence-corrected chi connectivity index (χ0v) is 19.2. The lowest BCUT2D eigenvalue weighted by Crippen LogP contribution is -2.04. The quantitative estimate of drug-likeness (QED) is 0.287. The highest BCUT2D eigenvalue weighted by molar-refractivity contribution is 5.77. The van der Waals surface area contributed by atoms with Crippen LogP contribution in [0.5, 0.6) is 23.0 Å². The molecule has 2 aromatic carbocycles. The van der Waals surface area contributed by atoms with Gasteiger partial charge in [0.1, 0.15) is 5.75 Å². The number of hydrogen-bond donors (Lipinski definition) is 0. The Morgan fingerprint density at radius 2 is 1.37 bits per heavy atom. The Morgan fingerprint density at radius 3 is 2.00 bits per heavy atom. The third kappa shape index (κ3) is 7.16. The molecular weight excluding hydrogens is 376 g/mol. The van der Waals surface area contributed by atoms with Crippen LogP contribution in [0.2, 0.25) is 0 Å². The van der Waals surface area contributed by atoms with Gasteiger partial charge in [-0.3, -0.25) is 0 Å². The van der Waals surface area contributed by atoms with E-state index in [2.05, 4.69) is 26.0 Å². The highest BCUT2D eigenvalue weighted by atomic mass is 16.5. The summed E-state index contributed by atoms with van der Waals surface area (Å²) in [6.45, 7) is 5.77. The number of ether oxygens (including phenoxy) is 4. The van der Waals surface area contributed by atoms with Crippen LogP contribution in [-0.4, -0.2) is 27.4 Å². The fourth-order valence-corrected chi connectivity index (χ4v) is 3.43. The molecule has 0 unspecified atom stereocenters. The van der Waals surface area contributed by atoms with E-state index < -0.39 is 0 Å². The maximum Gasteiger partial charge on any atom is 0.203 e. The van der Waals surface area contributed by atoms with Crippen LogP contribution in [0.15, 0.2) is 36.4 Å². The van der Waals surface area contributed by atoms with Gasteiger partial charge in [-0.05, 0) is 42.7 Å². The topological polar surface area (TPSA) is 36.9 Å². The molecule has 0 aliphatic rings. The minimum atomic E-state index is 0.660. The first kappa shape index (κ1) is 23.9. The van der Waals surface area contributed by atoms with Crippen LogP contribution in [-0.2, 0) is 0 Å². The lowest BCUT2D eigenvalue weighted by Gasteiger charge is -2.19. The van der Waals surface area contributed by atoms with Gasteiger partial charge < -0.3 is 18.9 Å². The molecule has 0 fully saturated rings. The lowest BCUT2D eigenvalue weighted by atomic mass is 10.0. The Hall–Kier alpha value is -2.36. The third-order valence-electron chi connectivity index (χ3n) is 5.16. The minimum absolute atomic E-state index is 0.660. The Balaban J connectivity index is 2.27. The molecule has 0 spiro atoms. The highest BCUT2D eigenvalue weighted by Gasteiger charge is 2.19. The molecule has 30 heavy (non-hydrogen) atoms. The molecule has 0 amide bonds. The third-order valence-corrected chi connectivity index (χ3v) is 5.16. The first-order valence-electron chi connectivity index (χ1n) is 11.4. The summed E-state index contributed by atoms with van der Waals surface area (Å²) in [5.41, 5.74) is 2.02. The van der Waals surface area contributed by atoms with Crippen LogP contribution in [0.3, 0.4) is 0 Å². The largest absolute Gasteiger partial charge is 0.497 e. The average Bonchev–Trinajstić information content (AvgIpc) is 2.78. The van der Waals surface area contributed by atoms with Crippen molar-refractivity contribution in [2.24, 2.45) is 0 Å². The zero-order chi connectivity index (χ0) is 21.6. The van der Waals surface area contributed by atoms with Gasteiger partial charge in [0, 0.05) is 5.56 Å². The van der Waals surface area contributed by atoms with Gasteiger partial charge >= 0.3 is 0 Å². The molecule has 0 radical (unpaired) electrons. The Bertz CT molecular complexity index is 742. The Kier molecular flexibility index (Phi) is 11.0. The molecule has 0 N–H and O–H groups in total. The summed E-state index contributed by atoms with van der Waals surface area (Å²) in [5.74, 6) is 2.97. The summed E-state index contributed by atoms with van der Waals surface area (Å²) in [5, 5.41) is 0. The molecule has 0 atom stereocenters. The summed E-state index contributed by atoms with van der Waals surface area (Å²) in [6.07, 6.45) is 9.31. The molecule has 0 aliphatic carbocycles. The monoisotopic (exact) mass is 414 g/mol. The molecule has 4 nitrogen and oxygen atoms in total. The van der Waals surface area contributed by atoms with E-state index in [9.17, 15) is 0 Å². The van der Waals surface area contributed by atoms with E-state index in [-0.39, 0.29) is 0 Å². The molecule has 166 valence electrons. The van der Waals surface area contributed by atoms with Gasteiger partial charge in [-0.2, -0.15) is 0 Å². The van der Waals surface area contributed by atoms with E-state index in [4.69, 9.17) is 18.9 Å². The maximum atomic E-state index is 6.27. The smallest absolute Gasteiger partial charge is 0.203 e. The Morgan fingerprint density at radius 1 is 0.667 bits per heavy atom. The summed E-state index contributed by atoms with van der Waals surface area (Å²) in [7, 11) is 3.36. The number of unbranched alkanes of at least 4 members (excludes halogenated alkanes) is 6. The molecule has 0 saturated carbocycles. The van der Waals surface area contributed by atoms with Gasteiger partial charge in [-0.1, -0.05) is 64.5 Å². The predicted octanol–water partition coefficient (Wildman–Crippen LogP) is 7.29. The second-order valence-corrected chi connectivity index (χ2v) is 7.52. The lowest BCUT2D eigenvalue weighted by molar-refractivity contribution is 0.260. The second kappa shape index (κ2) is 13.8. The SMILES string of the molecule is CCCCCCOc1ccc(-c2cccc(OC)c2)c(OCCCCCC)c1OC. The molecule has 0 aliphatic heterocycles. The van der Waals surface area contributed by atoms with Crippen molar-refractivity contribution < 1.29 is 18.9 Å². The van der Waals surface area contributed by atoms with E-state index in [1.807, 2.05) is 24.3 Å². The van der Waals surface area contributed by atoms with Crippen LogP contribution in [0.25, 0.3) is 11.1 Å². The normalized spacial score (nSPS) is 10.7. The van der Waals surface area contributed by atoms with Gasteiger partial charge in [-0.25, -0.2) is 0 Å². The molecule has 4 heteroatoms. The second-order valence-electron chi connectivity index (χ2n) is 7.52. The van der Waals surface area contributed by atoms with Crippen molar-refractivity contribution in [1.29, 1.82) is 0 Å². The average molecular weight is 415 g/mol. The van der Waals surface area contributed by atoms with Gasteiger partial charge in [0.2, 0.25) is 5.75 Å². The van der Waals surface area contributed by atoms with Gasteiger partial charge in [0.15, 0.2) is 11.5 Å². The van der Waals surface area contributed by atoms with Crippen molar-refractivity contribution in [1.82, 2.24) is 0 Å². The standard InChI is InChI=1S/C26H38O4/c1-5-7-9-11-18-29-24-17-16-23(21-14-13-15-22(20-21)27-3)25(26(24)28-4)30-19-12-10-8-6-2/h13-17,20H,5-12,18-19H2,1-4H3. The highest BCUT2D eigenvalue weighted by Crippen LogP contribution is 2.45. The first-order valence-corrected chi connectivity index (χ1v) is 11.4. The van der Waals surface area contributed by atoms with E-state index in [0.29, 0.717) is 19.0 Å². The van der Waals surface area contributed by atoms with Crippen molar-refractivity contribution in [3.8, 4) is 34.1 Å².